The van der Waals surface area contributed by atoms with Gasteiger partial charge in [-0.15, -0.1) is 0 Å². The summed E-state index contributed by atoms with van der Waals surface area (Å²) in [5, 5.41) is 0.981. The fourth-order valence-electron chi connectivity index (χ4n) is 3.36. The van der Waals surface area contributed by atoms with E-state index in [0.29, 0.717) is 16.8 Å². The number of nitrogens with zero attached hydrogens (tertiary/aromatic N) is 1. The molecule has 4 rings (SSSR count). The zero-order valence-electron chi connectivity index (χ0n) is 15.4. The Morgan fingerprint density at radius 3 is 2.19 bits per heavy atom. The quantitative estimate of drug-likeness (QED) is 0.499. The summed E-state index contributed by atoms with van der Waals surface area (Å²) in [4.78, 5) is 0.303. The van der Waals surface area contributed by atoms with Gasteiger partial charge >= 0.3 is 0 Å². The third-order valence-electron chi connectivity index (χ3n) is 4.82. The Morgan fingerprint density at radius 1 is 0.815 bits per heavy atom. The van der Waals surface area contributed by atoms with Crippen LogP contribution in [0.4, 0.5) is 0 Å². The van der Waals surface area contributed by atoms with Gasteiger partial charge in [-0.3, -0.25) is 0 Å². The van der Waals surface area contributed by atoms with E-state index in [1.165, 1.54) is 3.97 Å². The molecule has 0 saturated heterocycles. The molecule has 0 fully saturated rings. The van der Waals surface area contributed by atoms with Crippen LogP contribution < -0.4 is 0 Å². The predicted octanol–water partition coefficient (Wildman–Crippen LogP) is 5.09. The molecule has 1 heterocycles. The lowest BCUT2D eigenvalue weighted by molar-refractivity contribution is 0.589. The number of hydrogen-bond donors (Lipinski definition) is 0. The van der Waals surface area contributed by atoms with Crippen LogP contribution in [0, 0.1) is 13.8 Å². The molecule has 136 valence electrons. The SMILES string of the molecule is Cc1ccc(S(=O)(=O)n2cc(Cc3ccccc3)c3cc(C)ccc32)cc1. The van der Waals surface area contributed by atoms with Crippen molar-refractivity contribution >= 4 is 20.9 Å². The van der Waals surface area contributed by atoms with E-state index in [2.05, 4.69) is 18.2 Å². The lowest BCUT2D eigenvalue weighted by Crippen LogP contribution is -2.11. The molecule has 0 aliphatic heterocycles. The van der Waals surface area contributed by atoms with Gasteiger partial charge in [-0.25, -0.2) is 12.4 Å². The van der Waals surface area contributed by atoms with Crippen LogP contribution in [0.25, 0.3) is 10.9 Å². The van der Waals surface area contributed by atoms with Crippen molar-refractivity contribution in [2.45, 2.75) is 25.2 Å². The molecule has 0 radical (unpaired) electrons. The van der Waals surface area contributed by atoms with E-state index in [9.17, 15) is 8.42 Å². The Morgan fingerprint density at radius 2 is 1.48 bits per heavy atom. The van der Waals surface area contributed by atoms with Crippen LogP contribution in [-0.2, 0) is 16.4 Å². The highest BCUT2D eigenvalue weighted by molar-refractivity contribution is 7.90. The topological polar surface area (TPSA) is 39.1 Å². The Bertz CT molecular complexity index is 1200. The molecule has 0 aliphatic carbocycles. The largest absolute Gasteiger partial charge is 0.268 e. The fourth-order valence-corrected chi connectivity index (χ4v) is 4.75. The number of rotatable bonds is 4. The maximum absolute atomic E-state index is 13.3. The second kappa shape index (κ2) is 6.71. The lowest BCUT2D eigenvalue weighted by Gasteiger charge is -2.08. The number of aromatic nitrogens is 1. The van der Waals surface area contributed by atoms with Crippen molar-refractivity contribution in [2.24, 2.45) is 0 Å². The number of aryl methyl sites for hydroxylation is 2. The van der Waals surface area contributed by atoms with Crippen molar-refractivity contribution in [2.75, 3.05) is 0 Å². The monoisotopic (exact) mass is 375 g/mol. The van der Waals surface area contributed by atoms with Gasteiger partial charge in [-0.05, 0) is 55.7 Å². The molecule has 0 atom stereocenters. The average Bonchev–Trinajstić information content (AvgIpc) is 3.01. The molecule has 3 nitrogen and oxygen atoms in total. The first-order valence-electron chi connectivity index (χ1n) is 8.92. The molecule has 1 aromatic heterocycles. The fraction of sp³-hybridized carbons (Fsp3) is 0.130. The van der Waals surface area contributed by atoms with Crippen molar-refractivity contribution in [3.63, 3.8) is 0 Å². The minimum absolute atomic E-state index is 0.303. The van der Waals surface area contributed by atoms with Crippen LogP contribution in [0.5, 0.6) is 0 Å². The molecule has 3 aromatic carbocycles. The first-order valence-corrected chi connectivity index (χ1v) is 10.4. The highest BCUT2D eigenvalue weighted by Crippen LogP contribution is 2.28. The summed E-state index contributed by atoms with van der Waals surface area (Å²) in [6, 6.07) is 23.0. The third-order valence-corrected chi connectivity index (χ3v) is 6.51. The Balaban J connectivity index is 1.90. The maximum Gasteiger partial charge on any atom is 0.268 e. The van der Waals surface area contributed by atoms with Crippen LogP contribution in [-0.4, -0.2) is 12.4 Å². The van der Waals surface area contributed by atoms with Gasteiger partial charge in [-0.2, -0.15) is 0 Å². The number of benzene rings is 3. The van der Waals surface area contributed by atoms with Gasteiger partial charge in [0.2, 0.25) is 0 Å². The number of hydrogen-bond acceptors (Lipinski definition) is 2. The summed E-state index contributed by atoms with van der Waals surface area (Å²) >= 11 is 0. The van der Waals surface area contributed by atoms with Gasteiger partial charge in [-0.1, -0.05) is 59.7 Å². The van der Waals surface area contributed by atoms with Gasteiger partial charge in [0.25, 0.3) is 10.0 Å². The molecule has 27 heavy (non-hydrogen) atoms. The molecular formula is C23H21NO2S. The molecule has 0 bridgehead atoms. The van der Waals surface area contributed by atoms with Crippen molar-refractivity contribution < 1.29 is 8.42 Å². The summed E-state index contributed by atoms with van der Waals surface area (Å²) in [5.41, 5.74) is 5.03. The van der Waals surface area contributed by atoms with Crippen molar-refractivity contribution in [1.82, 2.24) is 3.97 Å². The summed E-state index contributed by atoms with van der Waals surface area (Å²) < 4.78 is 28.0. The van der Waals surface area contributed by atoms with E-state index < -0.39 is 10.0 Å². The first-order chi connectivity index (χ1) is 12.9. The minimum Gasteiger partial charge on any atom is -0.241 e. The molecular weight excluding hydrogens is 354 g/mol. The minimum atomic E-state index is -3.65. The smallest absolute Gasteiger partial charge is 0.241 e. The molecule has 4 aromatic rings. The Labute approximate surface area is 160 Å². The standard InChI is InChI=1S/C23H21NO2S/c1-17-8-11-21(12-9-17)27(25,26)24-16-20(15-19-6-4-3-5-7-19)22-14-18(2)10-13-23(22)24/h3-14,16H,15H2,1-2H3. The van der Waals surface area contributed by atoms with Gasteiger partial charge in [0, 0.05) is 11.6 Å². The summed E-state index contributed by atoms with van der Waals surface area (Å²) in [7, 11) is -3.65. The van der Waals surface area contributed by atoms with Crippen molar-refractivity contribution in [3.8, 4) is 0 Å². The normalized spacial score (nSPS) is 11.8. The second-order valence-corrected chi connectivity index (χ2v) is 8.77. The maximum atomic E-state index is 13.3. The van der Waals surface area contributed by atoms with E-state index in [1.54, 1.807) is 18.3 Å². The highest BCUT2D eigenvalue weighted by atomic mass is 32.2. The van der Waals surface area contributed by atoms with Crippen LogP contribution in [0.15, 0.2) is 83.9 Å². The van der Waals surface area contributed by atoms with Crippen LogP contribution in [0.3, 0.4) is 0 Å². The first kappa shape index (κ1) is 17.6. The summed E-state index contributed by atoms with van der Waals surface area (Å²) in [6.45, 7) is 3.97. The van der Waals surface area contributed by atoms with Crippen LogP contribution >= 0.6 is 0 Å². The van der Waals surface area contributed by atoms with E-state index in [0.717, 1.165) is 27.6 Å². The predicted molar refractivity (Wildman–Crippen MR) is 110 cm³/mol. The summed E-state index contributed by atoms with van der Waals surface area (Å²) in [6.07, 6.45) is 2.46. The van der Waals surface area contributed by atoms with Crippen molar-refractivity contribution in [3.05, 3.63) is 101 Å². The van der Waals surface area contributed by atoms with Gasteiger partial charge in [0.1, 0.15) is 0 Å². The Hall–Kier alpha value is -2.85. The summed E-state index contributed by atoms with van der Waals surface area (Å²) in [5.74, 6) is 0. The Kier molecular flexibility index (Phi) is 4.36. The van der Waals surface area contributed by atoms with E-state index in [4.69, 9.17) is 0 Å². The van der Waals surface area contributed by atoms with Crippen LogP contribution in [0.1, 0.15) is 22.3 Å². The third kappa shape index (κ3) is 3.28. The average molecular weight is 375 g/mol. The highest BCUT2D eigenvalue weighted by Gasteiger charge is 2.21. The zero-order valence-corrected chi connectivity index (χ0v) is 16.2. The zero-order chi connectivity index (χ0) is 19.0. The molecule has 0 unspecified atom stereocenters. The number of fused-ring (bicyclic) bond motifs is 1. The van der Waals surface area contributed by atoms with E-state index in [-0.39, 0.29) is 0 Å². The van der Waals surface area contributed by atoms with Crippen molar-refractivity contribution in [1.29, 1.82) is 0 Å². The second-order valence-electron chi connectivity index (χ2n) is 6.95. The molecule has 0 spiro atoms. The molecule has 0 saturated carbocycles. The lowest BCUT2D eigenvalue weighted by atomic mass is 10.0. The van der Waals surface area contributed by atoms with Gasteiger partial charge < -0.3 is 0 Å². The van der Waals surface area contributed by atoms with Crippen LogP contribution in [0.2, 0.25) is 0 Å². The molecule has 4 heteroatoms. The van der Waals surface area contributed by atoms with E-state index >= 15 is 0 Å². The molecule has 0 amide bonds. The van der Waals surface area contributed by atoms with Gasteiger partial charge in [0.15, 0.2) is 0 Å². The molecule has 0 N–H and O–H groups in total. The van der Waals surface area contributed by atoms with E-state index in [1.807, 2.05) is 56.3 Å². The van der Waals surface area contributed by atoms with Gasteiger partial charge in [0.05, 0.1) is 10.4 Å². The molecule has 0 aliphatic rings.